The van der Waals surface area contributed by atoms with E-state index >= 15 is 0 Å². The highest BCUT2D eigenvalue weighted by Crippen LogP contribution is 2.28. The Morgan fingerprint density at radius 1 is 0.968 bits per heavy atom. The lowest BCUT2D eigenvalue weighted by molar-refractivity contribution is 0.0601. The van der Waals surface area contributed by atoms with Crippen LogP contribution in [0.15, 0.2) is 46.2 Å². The van der Waals surface area contributed by atoms with E-state index in [9.17, 15) is 21.6 Å². The monoisotopic (exact) mass is 467 g/mol. The van der Waals surface area contributed by atoms with Crippen LogP contribution in [0.4, 0.5) is 5.69 Å². The third-order valence-corrected chi connectivity index (χ3v) is 8.19. The molecular formula is C20H25N3O6S2. The summed E-state index contributed by atoms with van der Waals surface area (Å²) in [6, 6.07) is 9.30. The van der Waals surface area contributed by atoms with Crippen molar-refractivity contribution in [2.75, 3.05) is 38.2 Å². The minimum Gasteiger partial charge on any atom is -0.465 e. The Hall–Kier alpha value is -2.47. The molecular weight excluding hydrogens is 442 g/mol. The van der Waals surface area contributed by atoms with E-state index in [1.165, 1.54) is 29.6 Å². The minimum atomic E-state index is -3.99. The van der Waals surface area contributed by atoms with Gasteiger partial charge in [-0.1, -0.05) is 12.1 Å². The first-order valence-electron chi connectivity index (χ1n) is 9.52. The number of ether oxygens (including phenoxy) is 1. The van der Waals surface area contributed by atoms with Gasteiger partial charge in [-0.15, -0.1) is 0 Å². The third-order valence-electron chi connectivity index (χ3n) is 5.24. The zero-order chi connectivity index (χ0) is 23.0. The van der Waals surface area contributed by atoms with Crippen molar-refractivity contribution in [1.82, 2.24) is 4.31 Å². The molecule has 1 aliphatic rings. The van der Waals surface area contributed by atoms with Gasteiger partial charge in [0.25, 0.3) is 0 Å². The Morgan fingerprint density at radius 2 is 1.61 bits per heavy atom. The van der Waals surface area contributed by atoms with E-state index in [-0.39, 0.29) is 28.4 Å². The molecule has 168 valence electrons. The van der Waals surface area contributed by atoms with Crippen molar-refractivity contribution in [2.24, 2.45) is 5.14 Å². The predicted molar refractivity (Wildman–Crippen MR) is 116 cm³/mol. The van der Waals surface area contributed by atoms with Crippen LogP contribution in [0.1, 0.15) is 21.5 Å². The fraction of sp³-hybridized carbons (Fsp3) is 0.350. The summed E-state index contributed by atoms with van der Waals surface area (Å²) in [7, 11) is -6.45. The van der Waals surface area contributed by atoms with E-state index in [4.69, 9.17) is 9.88 Å². The van der Waals surface area contributed by atoms with Gasteiger partial charge in [-0.05, 0) is 49.2 Å². The van der Waals surface area contributed by atoms with Crippen molar-refractivity contribution in [1.29, 1.82) is 0 Å². The topological polar surface area (TPSA) is 127 Å². The molecule has 31 heavy (non-hydrogen) atoms. The van der Waals surface area contributed by atoms with Gasteiger partial charge in [0, 0.05) is 26.2 Å². The number of carbonyl (C=O) groups is 1. The number of hydrogen-bond donors (Lipinski definition) is 1. The smallest absolute Gasteiger partial charge is 0.340 e. The highest BCUT2D eigenvalue weighted by molar-refractivity contribution is 7.89. The summed E-state index contributed by atoms with van der Waals surface area (Å²) in [5.41, 5.74) is 2.06. The van der Waals surface area contributed by atoms with E-state index in [1.807, 2.05) is 17.9 Å². The van der Waals surface area contributed by atoms with Crippen molar-refractivity contribution >= 4 is 31.7 Å². The van der Waals surface area contributed by atoms with Crippen LogP contribution < -0.4 is 10.0 Å². The molecule has 0 spiro atoms. The SMILES string of the molecule is COC(=O)c1cc(S(N)(=O)=O)ccc1N1CCN(S(=O)(=O)c2cc(C)ccc2C)CC1. The highest BCUT2D eigenvalue weighted by atomic mass is 32.2. The predicted octanol–water partition coefficient (Wildman–Crippen LogP) is 1.25. The van der Waals surface area contributed by atoms with Crippen molar-refractivity contribution in [3.05, 3.63) is 53.1 Å². The number of sulfonamides is 2. The standard InChI is InChI=1S/C20H25N3O6S2/c1-14-4-5-15(2)19(12-14)31(27,28)23-10-8-22(9-11-23)18-7-6-16(30(21,25)26)13-17(18)20(24)29-3/h4-7,12-13H,8-11H2,1-3H3,(H2,21,25,26). The molecule has 0 radical (unpaired) electrons. The second-order valence-corrected chi connectivity index (χ2v) is 10.8. The quantitative estimate of drug-likeness (QED) is 0.656. The molecule has 1 saturated heterocycles. The van der Waals surface area contributed by atoms with Crippen molar-refractivity contribution in [3.63, 3.8) is 0 Å². The Balaban J connectivity index is 1.87. The second kappa shape index (κ2) is 8.58. The van der Waals surface area contributed by atoms with Gasteiger partial charge in [0.15, 0.2) is 0 Å². The van der Waals surface area contributed by atoms with Crippen LogP contribution in [0.2, 0.25) is 0 Å². The molecule has 11 heteroatoms. The Morgan fingerprint density at radius 3 is 2.19 bits per heavy atom. The molecule has 2 aromatic rings. The summed E-state index contributed by atoms with van der Waals surface area (Å²) < 4.78 is 55.8. The molecule has 3 rings (SSSR count). The third kappa shape index (κ3) is 4.74. The van der Waals surface area contributed by atoms with Crippen LogP contribution in [0.25, 0.3) is 0 Å². The summed E-state index contributed by atoms with van der Waals surface area (Å²) >= 11 is 0. The first-order valence-corrected chi connectivity index (χ1v) is 12.5. The molecule has 0 saturated carbocycles. The number of anilines is 1. The van der Waals surface area contributed by atoms with Crippen LogP contribution in [0.3, 0.4) is 0 Å². The molecule has 0 unspecified atom stereocenters. The number of aryl methyl sites for hydroxylation is 2. The lowest BCUT2D eigenvalue weighted by Crippen LogP contribution is -2.49. The lowest BCUT2D eigenvalue weighted by atomic mass is 10.1. The van der Waals surface area contributed by atoms with Crippen LogP contribution in [-0.4, -0.2) is 60.4 Å². The van der Waals surface area contributed by atoms with Crippen molar-refractivity contribution in [3.8, 4) is 0 Å². The normalized spacial score (nSPS) is 15.7. The van der Waals surface area contributed by atoms with Gasteiger partial charge in [-0.25, -0.2) is 26.8 Å². The summed E-state index contributed by atoms with van der Waals surface area (Å²) in [4.78, 5) is 14.2. The molecule has 2 N–H and O–H groups in total. The lowest BCUT2D eigenvalue weighted by Gasteiger charge is -2.36. The molecule has 1 heterocycles. The number of esters is 1. The molecule has 9 nitrogen and oxygen atoms in total. The largest absolute Gasteiger partial charge is 0.465 e. The molecule has 0 atom stereocenters. The minimum absolute atomic E-state index is 0.0554. The Kier molecular flexibility index (Phi) is 6.42. The number of primary sulfonamides is 1. The van der Waals surface area contributed by atoms with Gasteiger partial charge in [0.2, 0.25) is 20.0 Å². The molecule has 1 aliphatic heterocycles. The molecule has 0 amide bonds. The first-order chi connectivity index (χ1) is 14.4. The zero-order valence-corrected chi connectivity index (χ0v) is 19.2. The highest BCUT2D eigenvalue weighted by Gasteiger charge is 2.31. The van der Waals surface area contributed by atoms with E-state index in [0.717, 1.165) is 5.56 Å². The van der Waals surface area contributed by atoms with E-state index in [2.05, 4.69) is 0 Å². The van der Waals surface area contributed by atoms with Gasteiger partial charge < -0.3 is 9.64 Å². The summed E-state index contributed by atoms with van der Waals surface area (Å²) in [5.74, 6) is -0.703. The average Bonchev–Trinajstić information content (AvgIpc) is 2.73. The second-order valence-electron chi connectivity index (χ2n) is 7.38. The van der Waals surface area contributed by atoms with Crippen LogP contribution >= 0.6 is 0 Å². The first kappa shape index (κ1) is 23.2. The van der Waals surface area contributed by atoms with E-state index in [1.54, 1.807) is 19.1 Å². The van der Waals surface area contributed by atoms with Gasteiger partial charge in [-0.2, -0.15) is 4.31 Å². The maximum absolute atomic E-state index is 13.1. The van der Waals surface area contributed by atoms with Gasteiger partial charge in [0.1, 0.15) is 0 Å². The van der Waals surface area contributed by atoms with Crippen LogP contribution in [0, 0.1) is 13.8 Å². The van der Waals surface area contributed by atoms with E-state index < -0.39 is 26.0 Å². The van der Waals surface area contributed by atoms with Gasteiger partial charge in [0.05, 0.1) is 28.2 Å². The number of rotatable bonds is 5. The van der Waals surface area contributed by atoms with Gasteiger partial charge in [-0.3, -0.25) is 0 Å². The van der Waals surface area contributed by atoms with E-state index in [0.29, 0.717) is 24.3 Å². The summed E-state index contributed by atoms with van der Waals surface area (Å²) in [5, 5.41) is 5.17. The molecule has 0 aliphatic carbocycles. The maximum Gasteiger partial charge on any atom is 0.340 e. The fourth-order valence-corrected chi connectivity index (χ4v) is 5.81. The zero-order valence-electron chi connectivity index (χ0n) is 17.5. The number of methoxy groups -OCH3 is 1. The number of nitrogens with two attached hydrogens (primary N) is 1. The number of piperazine rings is 1. The molecule has 0 aromatic heterocycles. The number of hydrogen-bond acceptors (Lipinski definition) is 7. The average molecular weight is 468 g/mol. The van der Waals surface area contributed by atoms with Crippen molar-refractivity contribution < 1.29 is 26.4 Å². The van der Waals surface area contributed by atoms with Gasteiger partial charge >= 0.3 is 5.97 Å². The number of benzene rings is 2. The van der Waals surface area contributed by atoms with Crippen LogP contribution in [0.5, 0.6) is 0 Å². The molecule has 2 aromatic carbocycles. The maximum atomic E-state index is 13.1. The summed E-state index contributed by atoms with van der Waals surface area (Å²) in [6.07, 6.45) is 0. The fourth-order valence-electron chi connectivity index (χ4n) is 3.53. The molecule has 1 fully saturated rings. The summed E-state index contributed by atoms with van der Waals surface area (Å²) in [6.45, 7) is 4.68. The number of nitrogens with zero attached hydrogens (tertiary/aromatic N) is 2. The Labute approximate surface area is 182 Å². The van der Waals surface area contributed by atoms with Crippen molar-refractivity contribution in [2.45, 2.75) is 23.6 Å². The van der Waals surface area contributed by atoms with Crippen LogP contribution in [-0.2, 0) is 24.8 Å². The number of carbonyl (C=O) groups excluding carboxylic acids is 1. The molecule has 0 bridgehead atoms. The Bertz CT molecular complexity index is 1220.